The van der Waals surface area contributed by atoms with Gasteiger partial charge in [-0.25, -0.2) is 9.37 Å². The number of thioether (sulfide) groups is 1. The van der Waals surface area contributed by atoms with Crippen LogP contribution in [0.2, 0.25) is 0 Å². The van der Waals surface area contributed by atoms with Crippen molar-refractivity contribution in [3.63, 3.8) is 0 Å². The second-order valence-electron chi connectivity index (χ2n) is 5.35. The molecule has 0 radical (unpaired) electrons. The van der Waals surface area contributed by atoms with Crippen LogP contribution in [-0.4, -0.2) is 16.2 Å². The number of rotatable bonds is 5. The Morgan fingerprint density at radius 1 is 1.19 bits per heavy atom. The highest BCUT2D eigenvalue weighted by Gasteiger charge is 2.13. The highest BCUT2D eigenvalue weighted by molar-refractivity contribution is 7.98. The summed E-state index contributed by atoms with van der Waals surface area (Å²) in [5.41, 5.74) is 1.45. The summed E-state index contributed by atoms with van der Waals surface area (Å²) in [7, 11) is 0. The Hall–Kier alpha value is -3.11. The van der Waals surface area contributed by atoms with E-state index in [1.807, 2.05) is 18.2 Å². The molecule has 0 saturated carbocycles. The molecule has 26 heavy (non-hydrogen) atoms. The molecule has 3 rings (SSSR count). The average Bonchev–Trinajstić information content (AvgIpc) is 2.67. The molecule has 7 heteroatoms. The summed E-state index contributed by atoms with van der Waals surface area (Å²) in [4.78, 5) is 18.9. The Morgan fingerprint density at radius 2 is 1.88 bits per heavy atom. The second-order valence-corrected chi connectivity index (χ2v) is 6.15. The molecule has 1 heterocycles. The summed E-state index contributed by atoms with van der Waals surface area (Å²) in [5.74, 6) is 0.257. The maximum atomic E-state index is 12.9. The Balaban J connectivity index is 1.82. The topological polar surface area (TPSA) is 78.8 Å². The van der Waals surface area contributed by atoms with Gasteiger partial charge < -0.3 is 9.72 Å². The Kier molecular flexibility index (Phi) is 5.34. The van der Waals surface area contributed by atoms with Crippen LogP contribution in [0.1, 0.15) is 11.1 Å². The number of ether oxygens (including phenoxy) is 1. The average molecular weight is 367 g/mol. The van der Waals surface area contributed by atoms with E-state index >= 15 is 0 Å². The standard InChI is InChI=1S/C19H14FN3O2S/c1-26-19-22-17(16(10-21)18(24)23-19)13-4-2-12(3-5-13)11-25-15-8-6-14(20)7-9-15/h2-9H,11H2,1H3,(H,22,23,24). The minimum absolute atomic E-state index is 0.0156. The molecular weight excluding hydrogens is 353 g/mol. The van der Waals surface area contributed by atoms with E-state index in [9.17, 15) is 14.4 Å². The van der Waals surface area contributed by atoms with Crippen LogP contribution in [0.15, 0.2) is 58.5 Å². The Bertz CT molecular complexity index is 1010. The molecule has 0 aliphatic heterocycles. The summed E-state index contributed by atoms with van der Waals surface area (Å²) < 4.78 is 18.5. The molecule has 2 aromatic carbocycles. The number of aromatic amines is 1. The summed E-state index contributed by atoms with van der Waals surface area (Å²) in [6, 6.07) is 15.0. The van der Waals surface area contributed by atoms with Crippen molar-refractivity contribution >= 4 is 11.8 Å². The zero-order chi connectivity index (χ0) is 18.5. The van der Waals surface area contributed by atoms with Gasteiger partial charge in [-0.2, -0.15) is 5.26 Å². The van der Waals surface area contributed by atoms with E-state index in [0.29, 0.717) is 28.8 Å². The number of nitrogens with one attached hydrogen (secondary N) is 1. The quantitative estimate of drug-likeness (QED) is 0.549. The maximum absolute atomic E-state index is 12.9. The lowest BCUT2D eigenvalue weighted by atomic mass is 10.1. The zero-order valence-corrected chi connectivity index (χ0v) is 14.6. The minimum Gasteiger partial charge on any atom is -0.489 e. The van der Waals surface area contributed by atoms with Crippen molar-refractivity contribution in [2.24, 2.45) is 0 Å². The molecule has 0 spiro atoms. The number of benzene rings is 2. The van der Waals surface area contributed by atoms with Gasteiger partial charge in [0.25, 0.3) is 5.56 Å². The second kappa shape index (κ2) is 7.85. The Morgan fingerprint density at radius 3 is 2.50 bits per heavy atom. The Labute approximate surface area is 153 Å². The fourth-order valence-electron chi connectivity index (χ4n) is 2.32. The van der Waals surface area contributed by atoms with Crippen LogP contribution >= 0.6 is 11.8 Å². The van der Waals surface area contributed by atoms with Gasteiger partial charge in [-0.15, -0.1) is 0 Å². The number of aromatic nitrogens is 2. The van der Waals surface area contributed by atoms with Crippen LogP contribution < -0.4 is 10.3 Å². The number of nitriles is 1. The van der Waals surface area contributed by atoms with Gasteiger partial charge in [-0.3, -0.25) is 4.79 Å². The van der Waals surface area contributed by atoms with Crippen LogP contribution in [0.5, 0.6) is 5.75 Å². The summed E-state index contributed by atoms with van der Waals surface area (Å²) in [6.07, 6.45) is 1.80. The molecular formula is C19H14FN3O2S. The third-order valence-corrected chi connectivity index (χ3v) is 4.23. The normalized spacial score (nSPS) is 10.3. The van der Waals surface area contributed by atoms with E-state index in [1.165, 1.54) is 23.9 Å². The lowest BCUT2D eigenvalue weighted by Gasteiger charge is -2.08. The first-order chi connectivity index (χ1) is 12.6. The van der Waals surface area contributed by atoms with Crippen LogP contribution in [-0.2, 0) is 6.61 Å². The summed E-state index contributed by atoms with van der Waals surface area (Å²) in [6.45, 7) is 0.315. The van der Waals surface area contributed by atoms with Gasteiger partial charge in [0.2, 0.25) is 0 Å². The van der Waals surface area contributed by atoms with Crippen molar-refractivity contribution in [1.82, 2.24) is 9.97 Å². The van der Waals surface area contributed by atoms with Crippen LogP contribution in [0.25, 0.3) is 11.3 Å². The fourth-order valence-corrected chi connectivity index (χ4v) is 2.70. The van der Waals surface area contributed by atoms with E-state index in [2.05, 4.69) is 9.97 Å². The molecule has 0 saturated heterocycles. The lowest BCUT2D eigenvalue weighted by Crippen LogP contribution is -2.14. The van der Waals surface area contributed by atoms with Crippen molar-refractivity contribution < 1.29 is 9.13 Å². The number of H-pyrrole nitrogens is 1. The van der Waals surface area contributed by atoms with E-state index in [4.69, 9.17) is 4.74 Å². The largest absolute Gasteiger partial charge is 0.489 e. The van der Waals surface area contributed by atoms with E-state index in [0.717, 1.165) is 5.56 Å². The van der Waals surface area contributed by atoms with Gasteiger partial charge >= 0.3 is 0 Å². The van der Waals surface area contributed by atoms with Crippen molar-refractivity contribution in [3.05, 3.63) is 75.8 Å². The highest BCUT2D eigenvalue weighted by atomic mass is 32.2. The maximum Gasteiger partial charge on any atom is 0.270 e. The molecule has 0 atom stereocenters. The first-order valence-corrected chi connectivity index (χ1v) is 8.89. The van der Waals surface area contributed by atoms with Crippen molar-refractivity contribution in [3.8, 4) is 23.1 Å². The van der Waals surface area contributed by atoms with Gasteiger partial charge in [0.1, 0.15) is 29.8 Å². The molecule has 0 unspecified atom stereocenters. The number of nitrogens with zero attached hydrogens (tertiary/aromatic N) is 2. The van der Waals surface area contributed by atoms with Gasteiger partial charge in [-0.05, 0) is 36.1 Å². The van der Waals surface area contributed by atoms with Gasteiger partial charge in [-0.1, -0.05) is 36.0 Å². The lowest BCUT2D eigenvalue weighted by molar-refractivity contribution is 0.306. The van der Waals surface area contributed by atoms with Crippen molar-refractivity contribution in [2.75, 3.05) is 6.26 Å². The van der Waals surface area contributed by atoms with Crippen LogP contribution in [0.4, 0.5) is 4.39 Å². The number of hydrogen-bond donors (Lipinski definition) is 1. The molecule has 0 aliphatic carbocycles. The monoisotopic (exact) mass is 367 g/mol. The molecule has 1 N–H and O–H groups in total. The van der Waals surface area contributed by atoms with Crippen molar-refractivity contribution in [2.45, 2.75) is 11.8 Å². The molecule has 0 fully saturated rings. The third-order valence-electron chi connectivity index (χ3n) is 3.65. The highest BCUT2D eigenvalue weighted by Crippen LogP contribution is 2.22. The first kappa shape index (κ1) is 17.7. The zero-order valence-electron chi connectivity index (χ0n) is 13.8. The van der Waals surface area contributed by atoms with Crippen molar-refractivity contribution in [1.29, 1.82) is 5.26 Å². The third kappa shape index (κ3) is 3.92. The molecule has 0 amide bonds. The summed E-state index contributed by atoms with van der Waals surface area (Å²) in [5, 5.41) is 9.70. The van der Waals surface area contributed by atoms with Crippen LogP contribution in [0.3, 0.4) is 0 Å². The van der Waals surface area contributed by atoms with Crippen LogP contribution in [0, 0.1) is 17.1 Å². The van der Waals surface area contributed by atoms with Gasteiger partial charge in [0.15, 0.2) is 5.16 Å². The number of halogens is 1. The first-order valence-electron chi connectivity index (χ1n) is 7.67. The molecule has 0 aliphatic rings. The molecule has 0 bridgehead atoms. The predicted molar refractivity (Wildman–Crippen MR) is 97.5 cm³/mol. The van der Waals surface area contributed by atoms with Gasteiger partial charge in [0.05, 0.1) is 5.69 Å². The molecule has 3 aromatic rings. The van der Waals surface area contributed by atoms with E-state index < -0.39 is 5.56 Å². The number of hydrogen-bond acceptors (Lipinski definition) is 5. The predicted octanol–water partition coefficient (Wildman–Crippen LogP) is 3.75. The minimum atomic E-state index is -0.453. The molecule has 130 valence electrons. The molecule has 1 aromatic heterocycles. The molecule has 5 nitrogen and oxygen atoms in total. The summed E-state index contributed by atoms with van der Waals surface area (Å²) >= 11 is 1.30. The van der Waals surface area contributed by atoms with E-state index in [1.54, 1.807) is 30.5 Å². The fraction of sp³-hybridized carbons (Fsp3) is 0.105. The smallest absolute Gasteiger partial charge is 0.270 e. The SMILES string of the molecule is CSc1nc(-c2ccc(COc3ccc(F)cc3)cc2)c(C#N)c(=O)[nH]1. The van der Waals surface area contributed by atoms with Gasteiger partial charge in [0, 0.05) is 5.56 Å². The van der Waals surface area contributed by atoms with E-state index in [-0.39, 0.29) is 11.4 Å².